The van der Waals surface area contributed by atoms with Crippen LogP contribution in [0.1, 0.15) is 32.1 Å². The van der Waals surface area contributed by atoms with Crippen LogP contribution in [0.3, 0.4) is 0 Å². The Bertz CT molecular complexity index is 774. The van der Waals surface area contributed by atoms with E-state index in [4.69, 9.17) is 4.74 Å². The van der Waals surface area contributed by atoms with Gasteiger partial charge in [0.05, 0.1) is 0 Å². The first-order valence-corrected chi connectivity index (χ1v) is 8.69. The monoisotopic (exact) mass is 356 g/mol. The predicted molar refractivity (Wildman–Crippen MR) is 96.4 cm³/mol. The summed E-state index contributed by atoms with van der Waals surface area (Å²) in [7, 11) is 0. The van der Waals surface area contributed by atoms with E-state index in [-0.39, 0.29) is 5.91 Å². The number of carbonyl (C=O) groups excluding carboxylic acids is 2. The summed E-state index contributed by atoms with van der Waals surface area (Å²) in [6.45, 7) is 0. The molecule has 0 unspecified atom stereocenters. The Morgan fingerprint density at radius 2 is 1.69 bits per heavy atom. The highest BCUT2D eigenvalue weighted by molar-refractivity contribution is 6.00. The number of halogens is 1. The Labute approximate surface area is 151 Å². The minimum atomic E-state index is -1.06. The van der Waals surface area contributed by atoms with Gasteiger partial charge in [0.15, 0.2) is 0 Å². The summed E-state index contributed by atoms with van der Waals surface area (Å²) in [5.41, 5.74) is -0.700. The first-order valence-electron chi connectivity index (χ1n) is 8.69. The van der Waals surface area contributed by atoms with Gasteiger partial charge >= 0.3 is 6.09 Å². The van der Waals surface area contributed by atoms with Crippen molar-refractivity contribution in [2.75, 3.05) is 5.32 Å². The smallest absolute Gasteiger partial charge is 0.410 e. The number of para-hydroxylation sites is 1. The molecular weight excluding hydrogens is 335 g/mol. The van der Waals surface area contributed by atoms with Gasteiger partial charge in [-0.15, -0.1) is 0 Å². The third-order valence-electron chi connectivity index (χ3n) is 4.52. The molecule has 1 aliphatic carbocycles. The summed E-state index contributed by atoms with van der Waals surface area (Å²) in [5.74, 6) is -0.383. The molecule has 0 atom stereocenters. The van der Waals surface area contributed by atoms with Gasteiger partial charge in [-0.05, 0) is 43.2 Å². The fourth-order valence-electron chi connectivity index (χ4n) is 3.20. The summed E-state index contributed by atoms with van der Waals surface area (Å²) in [5, 5.41) is 5.46. The number of ether oxygens (including phenoxy) is 1. The lowest BCUT2D eigenvalue weighted by atomic mass is 9.81. The fourth-order valence-corrected chi connectivity index (χ4v) is 3.20. The number of amides is 2. The van der Waals surface area contributed by atoms with Crippen LogP contribution < -0.4 is 15.4 Å². The number of hydrogen-bond donors (Lipinski definition) is 2. The van der Waals surface area contributed by atoms with Gasteiger partial charge in [0.1, 0.15) is 17.1 Å². The molecule has 0 saturated heterocycles. The van der Waals surface area contributed by atoms with Gasteiger partial charge < -0.3 is 15.4 Å². The molecule has 1 fully saturated rings. The normalized spacial score (nSPS) is 15.7. The van der Waals surface area contributed by atoms with Crippen LogP contribution >= 0.6 is 0 Å². The van der Waals surface area contributed by atoms with Crippen molar-refractivity contribution in [1.82, 2.24) is 5.32 Å². The lowest BCUT2D eigenvalue weighted by molar-refractivity contribution is -0.123. The number of benzene rings is 2. The Morgan fingerprint density at radius 1 is 0.962 bits per heavy atom. The second-order valence-electron chi connectivity index (χ2n) is 6.43. The average molecular weight is 356 g/mol. The maximum absolute atomic E-state index is 13.4. The molecule has 0 aliphatic heterocycles. The molecule has 3 rings (SSSR count). The Kier molecular flexibility index (Phi) is 5.51. The van der Waals surface area contributed by atoms with Crippen molar-refractivity contribution in [1.29, 1.82) is 0 Å². The molecule has 0 heterocycles. The van der Waals surface area contributed by atoms with Crippen LogP contribution in [-0.2, 0) is 4.79 Å². The molecule has 26 heavy (non-hydrogen) atoms. The van der Waals surface area contributed by atoms with E-state index in [1.807, 2.05) is 6.07 Å². The van der Waals surface area contributed by atoms with Crippen LogP contribution in [0, 0.1) is 5.82 Å². The molecular formula is C20H21FN2O3. The molecule has 2 aromatic carbocycles. The quantitative estimate of drug-likeness (QED) is 0.860. The molecule has 5 nitrogen and oxygen atoms in total. The Hall–Kier alpha value is -2.89. The minimum absolute atomic E-state index is 0.354. The lowest BCUT2D eigenvalue weighted by Gasteiger charge is -2.36. The van der Waals surface area contributed by atoms with E-state index in [1.165, 1.54) is 18.2 Å². The molecule has 0 spiro atoms. The first-order chi connectivity index (χ1) is 12.6. The van der Waals surface area contributed by atoms with Crippen molar-refractivity contribution in [3.8, 4) is 5.75 Å². The van der Waals surface area contributed by atoms with Crippen LogP contribution in [0.15, 0.2) is 54.6 Å². The summed E-state index contributed by atoms with van der Waals surface area (Å²) in [4.78, 5) is 25.2. The van der Waals surface area contributed by atoms with Gasteiger partial charge in [-0.2, -0.15) is 0 Å². The van der Waals surface area contributed by atoms with E-state index < -0.39 is 17.4 Å². The van der Waals surface area contributed by atoms with Crippen molar-refractivity contribution in [3.63, 3.8) is 0 Å². The van der Waals surface area contributed by atoms with E-state index >= 15 is 0 Å². The molecule has 136 valence electrons. The van der Waals surface area contributed by atoms with Crippen LogP contribution in [0.5, 0.6) is 5.75 Å². The number of hydrogen-bond acceptors (Lipinski definition) is 3. The number of rotatable bonds is 4. The van der Waals surface area contributed by atoms with Crippen LogP contribution in [0.4, 0.5) is 14.9 Å². The zero-order chi connectivity index (χ0) is 18.4. The molecule has 0 bridgehead atoms. The van der Waals surface area contributed by atoms with Crippen molar-refractivity contribution in [3.05, 3.63) is 60.4 Å². The zero-order valence-electron chi connectivity index (χ0n) is 14.3. The maximum atomic E-state index is 13.4. The van der Waals surface area contributed by atoms with Crippen molar-refractivity contribution in [2.45, 2.75) is 37.6 Å². The Morgan fingerprint density at radius 3 is 2.38 bits per heavy atom. The van der Waals surface area contributed by atoms with Gasteiger partial charge in [0.2, 0.25) is 5.91 Å². The van der Waals surface area contributed by atoms with E-state index in [0.717, 1.165) is 19.3 Å². The SMILES string of the molecule is O=C(NC1(C(=O)Nc2cccc(F)c2)CCCCC1)Oc1ccccc1. The maximum Gasteiger partial charge on any atom is 0.413 e. The average Bonchev–Trinajstić information content (AvgIpc) is 2.63. The third-order valence-corrected chi connectivity index (χ3v) is 4.52. The minimum Gasteiger partial charge on any atom is -0.410 e. The molecule has 6 heteroatoms. The largest absolute Gasteiger partial charge is 0.413 e. The molecule has 2 amide bonds. The zero-order valence-corrected chi connectivity index (χ0v) is 14.3. The molecule has 2 N–H and O–H groups in total. The second kappa shape index (κ2) is 7.99. The van der Waals surface area contributed by atoms with Gasteiger partial charge in [-0.3, -0.25) is 4.79 Å². The van der Waals surface area contributed by atoms with Gasteiger partial charge in [0, 0.05) is 5.69 Å². The van der Waals surface area contributed by atoms with Crippen LogP contribution in [-0.4, -0.2) is 17.5 Å². The molecule has 1 saturated carbocycles. The molecule has 0 radical (unpaired) electrons. The van der Waals surface area contributed by atoms with Crippen molar-refractivity contribution in [2.24, 2.45) is 0 Å². The summed E-state index contributed by atoms with van der Waals surface area (Å²) < 4.78 is 18.6. The predicted octanol–water partition coefficient (Wildman–Crippen LogP) is 4.26. The first kappa shape index (κ1) is 17.9. The molecule has 2 aromatic rings. The van der Waals surface area contributed by atoms with Gasteiger partial charge in [-0.25, -0.2) is 9.18 Å². The number of nitrogens with one attached hydrogen (secondary N) is 2. The summed E-state index contributed by atoms with van der Waals surface area (Å²) >= 11 is 0. The third kappa shape index (κ3) is 4.39. The lowest BCUT2D eigenvalue weighted by Crippen LogP contribution is -2.58. The van der Waals surface area contributed by atoms with Crippen LogP contribution in [0.2, 0.25) is 0 Å². The Balaban J connectivity index is 1.73. The van der Waals surface area contributed by atoms with Crippen LogP contribution in [0.25, 0.3) is 0 Å². The molecule has 1 aliphatic rings. The van der Waals surface area contributed by atoms with E-state index in [9.17, 15) is 14.0 Å². The topological polar surface area (TPSA) is 67.4 Å². The summed E-state index contributed by atoms with van der Waals surface area (Å²) in [6, 6.07) is 14.4. The second-order valence-corrected chi connectivity index (χ2v) is 6.43. The standard InChI is InChI=1S/C20H21FN2O3/c21-15-8-7-9-16(14-15)22-18(24)20(12-5-2-6-13-20)23-19(25)26-17-10-3-1-4-11-17/h1,3-4,7-11,14H,2,5-6,12-13H2,(H,22,24)(H,23,25). The highest BCUT2D eigenvalue weighted by atomic mass is 19.1. The highest BCUT2D eigenvalue weighted by Gasteiger charge is 2.41. The molecule has 0 aromatic heterocycles. The number of anilines is 1. The fraction of sp³-hybridized carbons (Fsp3) is 0.300. The van der Waals surface area contributed by atoms with E-state index in [1.54, 1.807) is 30.3 Å². The summed E-state index contributed by atoms with van der Waals surface area (Å²) in [6.07, 6.45) is 3.00. The highest BCUT2D eigenvalue weighted by Crippen LogP contribution is 2.30. The van der Waals surface area contributed by atoms with Crippen molar-refractivity contribution >= 4 is 17.7 Å². The van der Waals surface area contributed by atoms with Gasteiger partial charge in [-0.1, -0.05) is 43.5 Å². The van der Waals surface area contributed by atoms with E-state index in [2.05, 4.69) is 10.6 Å². The van der Waals surface area contributed by atoms with Gasteiger partial charge in [0.25, 0.3) is 0 Å². The van der Waals surface area contributed by atoms with Crippen molar-refractivity contribution < 1.29 is 18.7 Å². The number of carbonyl (C=O) groups is 2. The van der Waals surface area contributed by atoms with E-state index in [0.29, 0.717) is 24.3 Å².